The topological polar surface area (TPSA) is 99.2 Å². The molecule has 0 saturated carbocycles. The van der Waals surface area contributed by atoms with Crippen molar-refractivity contribution >= 4 is 11.9 Å². The quantitative estimate of drug-likeness (QED) is 0.537. The van der Waals surface area contributed by atoms with Gasteiger partial charge in [-0.05, 0) is 48.5 Å². The number of hydrogen-bond acceptors (Lipinski definition) is 5. The number of rotatable bonds is 4. The number of esters is 1. The Bertz CT molecular complexity index is 1090. The maximum Gasteiger partial charge on any atom is 0.338 e. The van der Waals surface area contributed by atoms with Crippen LogP contribution < -0.4 is 0 Å². The monoisotopic (exact) mass is 390 g/mol. The molecule has 146 valence electrons. The Hall–Kier alpha value is -4.20. The van der Waals surface area contributed by atoms with Crippen LogP contribution in [0.4, 0.5) is 0 Å². The van der Waals surface area contributed by atoms with Crippen molar-refractivity contribution in [1.82, 2.24) is 19.1 Å². The van der Waals surface area contributed by atoms with Crippen LogP contribution in [0.5, 0.6) is 0 Å². The molecule has 0 bridgehead atoms. The predicted molar refractivity (Wildman–Crippen MR) is 105 cm³/mol. The van der Waals surface area contributed by atoms with Gasteiger partial charge in [-0.1, -0.05) is 0 Å². The summed E-state index contributed by atoms with van der Waals surface area (Å²) in [7, 11) is 1.36. The molecule has 0 aliphatic rings. The van der Waals surface area contributed by atoms with Crippen molar-refractivity contribution in [2.24, 2.45) is 0 Å². The van der Waals surface area contributed by atoms with E-state index in [0.717, 1.165) is 0 Å². The summed E-state index contributed by atoms with van der Waals surface area (Å²) >= 11 is 0. The third-order valence-electron chi connectivity index (χ3n) is 3.90. The van der Waals surface area contributed by atoms with E-state index in [1.807, 2.05) is 53.6 Å². The smallest absolute Gasteiger partial charge is 0.338 e. The second-order valence-corrected chi connectivity index (χ2v) is 5.78. The summed E-state index contributed by atoms with van der Waals surface area (Å²) in [5.74, 6) is 0.00409. The molecular formula is C21H18N4O4. The Morgan fingerprint density at radius 3 is 1.72 bits per heavy atom. The van der Waals surface area contributed by atoms with Gasteiger partial charge in [0.05, 0.1) is 18.2 Å². The molecule has 0 aromatic carbocycles. The standard InChI is InChI=1S/C11H10N2O2.C10H8N2O2/c1-15-11(14)9-4-5-12-10(8-9)13-6-2-3-7-13;13-10(14)8-3-4-11-9(7-8)12-5-1-2-6-12/h2-8H,1H3;1-7H,(H,13,14). The van der Waals surface area contributed by atoms with Crippen molar-refractivity contribution < 1.29 is 19.4 Å². The van der Waals surface area contributed by atoms with E-state index in [1.165, 1.54) is 25.4 Å². The highest BCUT2D eigenvalue weighted by atomic mass is 16.5. The molecule has 1 N–H and O–H groups in total. The third-order valence-corrected chi connectivity index (χ3v) is 3.90. The minimum atomic E-state index is -0.944. The zero-order valence-electron chi connectivity index (χ0n) is 15.5. The van der Waals surface area contributed by atoms with E-state index in [0.29, 0.717) is 17.2 Å². The minimum Gasteiger partial charge on any atom is -0.478 e. The number of aromatic carboxylic acids is 1. The van der Waals surface area contributed by atoms with Gasteiger partial charge in [0.25, 0.3) is 0 Å². The normalized spacial score (nSPS) is 9.97. The van der Waals surface area contributed by atoms with E-state index in [-0.39, 0.29) is 11.5 Å². The van der Waals surface area contributed by atoms with Gasteiger partial charge in [0.2, 0.25) is 0 Å². The first-order valence-electron chi connectivity index (χ1n) is 8.59. The lowest BCUT2D eigenvalue weighted by atomic mass is 10.2. The van der Waals surface area contributed by atoms with Crippen LogP contribution in [0.2, 0.25) is 0 Å². The van der Waals surface area contributed by atoms with Crippen molar-refractivity contribution in [1.29, 1.82) is 0 Å². The molecule has 0 atom stereocenters. The number of methoxy groups -OCH3 is 1. The van der Waals surface area contributed by atoms with E-state index in [1.54, 1.807) is 22.9 Å². The van der Waals surface area contributed by atoms with Gasteiger partial charge in [0, 0.05) is 37.2 Å². The van der Waals surface area contributed by atoms with Crippen molar-refractivity contribution in [2.75, 3.05) is 7.11 Å². The maximum absolute atomic E-state index is 11.3. The fourth-order valence-corrected chi connectivity index (χ4v) is 2.47. The average Bonchev–Trinajstić information content (AvgIpc) is 3.48. The van der Waals surface area contributed by atoms with Crippen molar-refractivity contribution in [3.63, 3.8) is 0 Å². The Morgan fingerprint density at radius 1 is 0.828 bits per heavy atom. The summed E-state index contributed by atoms with van der Waals surface area (Å²) in [5, 5.41) is 8.77. The first-order valence-corrected chi connectivity index (χ1v) is 8.59. The minimum absolute atomic E-state index is 0.240. The van der Waals surface area contributed by atoms with E-state index in [4.69, 9.17) is 5.11 Å². The van der Waals surface area contributed by atoms with E-state index in [2.05, 4.69) is 14.7 Å². The number of carboxylic acids is 1. The number of pyridine rings is 2. The molecule has 0 aliphatic heterocycles. The summed E-state index contributed by atoms with van der Waals surface area (Å²) < 4.78 is 8.21. The zero-order valence-corrected chi connectivity index (χ0v) is 15.5. The molecule has 4 rings (SSSR count). The number of aromatic nitrogens is 4. The Kier molecular flexibility index (Phi) is 6.16. The summed E-state index contributed by atoms with van der Waals surface area (Å²) in [5.41, 5.74) is 0.736. The van der Waals surface area contributed by atoms with Crippen LogP contribution in [-0.2, 0) is 4.74 Å². The molecule has 4 aromatic rings. The van der Waals surface area contributed by atoms with Gasteiger partial charge in [-0.15, -0.1) is 0 Å². The first-order chi connectivity index (χ1) is 14.1. The highest BCUT2D eigenvalue weighted by Crippen LogP contribution is 2.09. The van der Waals surface area contributed by atoms with Gasteiger partial charge in [0.15, 0.2) is 0 Å². The number of nitrogens with zero attached hydrogens (tertiary/aromatic N) is 4. The fourth-order valence-electron chi connectivity index (χ4n) is 2.47. The van der Waals surface area contributed by atoms with E-state index < -0.39 is 5.97 Å². The van der Waals surface area contributed by atoms with Crippen LogP contribution in [0, 0.1) is 0 Å². The molecule has 0 aliphatic carbocycles. The molecule has 0 saturated heterocycles. The van der Waals surface area contributed by atoms with Crippen LogP contribution in [0.1, 0.15) is 20.7 Å². The molecule has 8 heteroatoms. The van der Waals surface area contributed by atoms with Crippen LogP contribution in [0.15, 0.2) is 85.7 Å². The Balaban J connectivity index is 0.000000166. The van der Waals surface area contributed by atoms with Gasteiger partial charge in [0.1, 0.15) is 11.6 Å². The number of ether oxygens (including phenoxy) is 1. The van der Waals surface area contributed by atoms with Gasteiger partial charge in [-0.3, -0.25) is 0 Å². The van der Waals surface area contributed by atoms with E-state index >= 15 is 0 Å². The second kappa shape index (κ2) is 9.14. The molecule has 4 aromatic heterocycles. The third kappa shape index (κ3) is 4.95. The number of carbonyl (C=O) groups excluding carboxylic acids is 1. The molecule has 0 radical (unpaired) electrons. The SMILES string of the molecule is COC(=O)c1ccnc(-n2cccc2)c1.O=C(O)c1ccnc(-n2cccc2)c1. The lowest BCUT2D eigenvalue weighted by molar-refractivity contribution is 0.0599. The summed E-state index contributed by atoms with van der Waals surface area (Å²) in [4.78, 5) is 30.2. The highest BCUT2D eigenvalue weighted by Gasteiger charge is 2.06. The molecular weight excluding hydrogens is 372 g/mol. The summed E-state index contributed by atoms with van der Waals surface area (Å²) in [6.45, 7) is 0. The van der Waals surface area contributed by atoms with Gasteiger partial charge in [-0.25, -0.2) is 19.6 Å². The predicted octanol–water partition coefficient (Wildman–Crippen LogP) is 3.23. The molecule has 4 heterocycles. The van der Waals surface area contributed by atoms with Crippen LogP contribution >= 0.6 is 0 Å². The average molecular weight is 390 g/mol. The Morgan fingerprint density at radius 2 is 1.28 bits per heavy atom. The fraction of sp³-hybridized carbons (Fsp3) is 0.0476. The van der Waals surface area contributed by atoms with Gasteiger partial charge < -0.3 is 19.0 Å². The van der Waals surface area contributed by atoms with E-state index in [9.17, 15) is 9.59 Å². The maximum atomic E-state index is 11.3. The van der Waals surface area contributed by atoms with Crippen LogP contribution in [-0.4, -0.2) is 43.3 Å². The largest absolute Gasteiger partial charge is 0.478 e. The second-order valence-electron chi connectivity index (χ2n) is 5.78. The lowest BCUT2D eigenvalue weighted by Crippen LogP contribution is -2.03. The summed E-state index contributed by atoms with van der Waals surface area (Å²) in [6, 6.07) is 13.8. The molecule has 0 unspecified atom stereocenters. The van der Waals surface area contributed by atoms with Crippen LogP contribution in [0.25, 0.3) is 11.6 Å². The Labute approximate surface area is 166 Å². The van der Waals surface area contributed by atoms with Crippen molar-refractivity contribution in [2.45, 2.75) is 0 Å². The van der Waals surface area contributed by atoms with Crippen molar-refractivity contribution in [3.8, 4) is 11.6 Å². The van der Waals surface area contributed by atoms with Crippen molar-refractivity contribution in [3.05, 3.63) is 96.8 Å². The van der Waals surface area contributed by atoms with Gasteiger partial charge >= 0.3 is 11.9 Å². The van der Waals surface area contributed by atoms with Crippen LogP contribution in [0.3, 0.4) is 0 Å². The summed E-state index contributed by atoms with van der Waals surface area (Å²) in [6.07, 6.45) is 10.4. The zero-order chi connectivity index (χ0) is 20.6. The highest BCUT2D eigenvalue weighted by molar-refractivity contribution is 5.89. The molecule has 0 fully saturated rings. The van der Waals surface area contributed by atoms with Gasteiger partial charge in [-0.2, -0.15) is 0 Å². The number of carboxylic acid groups (broad SMARTS) is 1. The number of carbonyl (C=O) groups is 2. The molecule has 29 heavy (non-hydrogen) atoms. The first kappa shape index (κ1) is 19.6. The molecule has 0 spiro atoms. The lowest BCUT2D eigenvalue weighted by Gasteiger charge is -2.03. The number of hydrogen-bond donors (Lipinski definition) is 1. The molecule has 8 nitrogen and oxygen atoms in total. The molecule has 0 amide bonds.